The molecule has 0 heterocycles. The molecule has 0 atom stereocenters. The summed E-state index contributed by atoms with van der Waals surface area (Å²) in [7, 11) is 1.52. The number of methoxy groups -OCH3 is 1. The van der Waals surface area contributed by atoms with Crippen molar-refractivity contribution in [1.29, 1.82) is 0 Å². The van der Waals surface area contributed by atoms with E-state index in [1.165, 1.54) is 13.2 Å². The molecule has 0 aromatic heterocycles. The smallest absolute Gasteiger partial charge is 0.340 e. The Kier molecular flexibility index (Phi) is 7.32. The van der Waals surface area contributed by atoms with Crippen LogP contribution in [-0.4, -0.2) is 44.7 Å². The number of carbonyl (C=O) groups excluding carboxylic acids is 3. The second-order valence-corrected chi connectivity index (χ2v) is 5.28. The third-order valence-electron chi connectivity index (χ3n) is 3.39. The van der Waals surface area contributed by atoms with Crippen LogP contribution in [0.25, 0.3) is 0 Å². The van der Waals surface area contributed by atoms with Crippen molar-refractivity contribution in [3.05, 3.63) is 65.7 Å². The predicted molar refractivity (Wildman–Crippen MR) is 96.0 cm³/mol. The number of carbonyl (C=O) groups is 3. The molecule has 0 saturated heterocycles. The Labute approximate surface area is 151 Å². The van der Waals surface area contributed by atoms with E-state index in [2.05, 4.69) is 10.6 Å². The molecule has 0 aliphatic rings. The van der Waals surface area contributed by atoms with E-state index in [-0.39, 0.29) is 11.5 Å². The molecule has 2 aromatic rings. The summed E-state index contributed by atoms with van der Waals surface area (Å²) >= 11 is 0. The Morgan fingerprint density at radius 1 is 0.962 bits per heavy atom. The fraction of sp³-hybridized carbons (Fsp3) is 0.211. The first-order chi connectivity index (χ1) is 12.6. The van der Waals surface area contributed by atoms with E-state index in [1.54, 1.807) is 48.5 Å². The Bertz CT molecular complexity index is 762. The first kappa shape index (κ1) is 19.1. The van der Waals surface area contributed by atoms with Crippen LogP contribution in [0.2, 0.25) is 0 Å². The number of ether oxygens (including phenoxy) is 2. The molecule has 7 heteroatoms. The van der Waals surface area contributed by atoms with Gasteiger partial charge in [0.2, 0.25) is 0 Å². The maximum Gasteiger partial charge on any atom is 0.340 e. The average molecular weight is 356 g/mol. The maximum atomic E-state index is 12.3. The van der Waals surface area contributed by atoms with Gasteiger partial charge in [0.15, 0.2) is 6.61 Å². The monoisotopic (exact) mass is 356 g/mol. The SMILES string of the molecule is COCCNC(=O)COC(=O)c1ccccc1NC(=O)c1ccccc1. The highest BCUT2D eigenvalue weighted by Gasteiger charge is 2.16. The third-order valence-corrected chi connectivity index (χ3v) is 3.39. The summed E-state index contributed by atoms with van der Waals surface area (Å²) in [5.74, 6) is -1.47. The van der Waals surface area contributed by atoms with Crippen molar-refractivity contribution >= 4 is 23.5 Å². The number of esters is 1. The molecule has 0 unspecified atom stereocenters. The van der Waals surface area contributed by atoms with Crippen molar-refractivity contribution in [2.24, 2.45) is 0 Å². The number of benzene rings is 2. The van der Waals surface area contributed by atoms with E-state index in [0.29, 0.717) is 24.4 Å². The van der Waals surface area contributed by atoms with Gasteiger partial charge in [-0.2, -0.15) is 0 Å². The van der Waals surface area contributed by atoms with Crippen LogP contribution < -0.4 is 10.6 Å². The molecule has 2 N–H and O–H groups in total. The molecule has 2 aromatic carbocycles. The number of anilines is 1. The zero-order valence-corrected chi connectivity index (χ0v) is 14.4. The topological polar surface area (TPSA) is 93.7 Å². The quantitative estimate of drug-likeness (QED) is 0.556. The van der Waals surface area contributed by atoms with Crippen LogP contribution in [0.4, 0.5) is 5.69 Å². The Morgan fingerprint density at radius 3 is 2.38 bits per heavy atom. The molecule has 0 aliphatic heterocycles. The Hall–Kier alpha value is -3.19. The molecule has 0 radical (unpaired) electrons. The second-order valence-electron chi connectivity index (χ2n) is 5.28. The molecular weight excluding hydrogens is 336 g/mol. The van der Waals surface area contributed by atoms with E-state index < -0.39 is 18.5 Å². The summed E-state index contributed by atoms with van der Waals surface area (Å²) in [4.78, 5) is 36.1. The van der Waals surface area contributed by atoms with Gasteiger partial charge in [0.25, 0.3) is 11.8 Å². The summed E-state index contributed by atoms with van der Waals surface area (Å²) in [5, 5.41) is 5.23. The van der Waals surface area contributed by atoms with Gasteiger partial charge in [-0.1, -0.05) is 30.3 Å². The molecule has 0 bridgehead atoms. The lowest BCUT2D eigenvalue weighted by molar-refractivity contribution is -0.124. The van der Waals surface area contributed by atoms with Gasteiger partial charge in [-0.25, -0.2) is 4.79 Å². The molecule has 136 valence electrons. The van der Waals surface area contributed by atoms with Crippen molar-refractivity contribution in [2.75, 3.05) is 32.2 Å². The zero-order chi connectivity index (χ0) is 18.8. The van der Waals surface area contributed by atoms with E-state index in [9.17, 15) is 14.4 Å². The van der Waals surface area contributed by atoms with Crippen LogP contribution in [0.3, 0.4) is 0 Å². The summed E-state index contributed by atoms with van der Waals surface area (Å²) in [6.45, 7) is 0.286. The normalized spacial score (nSPS) is 10.0. The van der Waals surface area contributed by atoms with Crippen LogP contribution in [0, 0.1) is 0 Å². The molecule has 2 amide bonds. The zero-order valence-electron chi connectivity index (χ0n) is 14.4. The number of amides is 2. The molecule has 7 nitrogen and oxygen atoms in total. The summed E-state index contributed by atoms with van der Waals surface area (Å²) < 4.78 is 9.82. The minimum atomic E-state index is -0.698. The fourth-order valence-corrected chi connectivity index (χ4v) is 2.11. The van der Waals surface area contributed by atoms with Crippen molar-refractivity contribution in [1.82, 2.24) is 5.32 Å². The van der Waals surface area contributed by atoms with Gasteiger partial charge in [0.1, 0.15) is 0 Å². The third kappa shape index (κ3) is 5.71. The lowest BCUT2D eigenvalue weighted by Crippen LogP contribution is -2.31. The van der Waals surface area contributed by atoms with Crippen LogP contribution in [0.15, 0.2) is 54.6 Å². The predicted octanol–water partition coefficient (Wildman–Crippen LogP) is 1.86. The standard InChI is InChI=1S/C19H20N2O5/c1-25-12-11-20-17(22)13-26-19(24)15-9-5-6-10-16(15)21-18(23)14-7-3-2-4-8-14/h2-10H,11-13H2,1H3,(H,20,22)(H,21,23). The maximum absolute atomic E-state index is 12.3. The van der Waals surface area contributed by atoms with Gasteiger partial charge in [0, 0.05) is 19.2 Å². The number of hydrogen-bond donors (Lipinski definition) is 2. The van der Waals surface area contributed by atoms with Crippen LogP contribution in [0.5, 0.6) is 0 Å². The molecule has 0 aliphatic carbocycles. The van der Waals surface area contributed by atoms with E-state index in [0.717, 1.165) is 0 Å². The van der Waals surface area contributed by atoms with Crippen molar-refractivity contribution in [2.45, 2.75) is 0 Å². The van der Waals surface area contributed by atoms with Crippen LogP contribution >= 0.6 is 0 Å². The highest BCUT2D eigenvalue weighted by Crippen LogP contribution is 2.17. The van der Waals surface area contributed by atoms with Crippen molar-refractivity contribution in [3.63, 3.8) is 0 Å². The lowest BCUT2D eigenvalue weighted by Gasteiger charge is -2.11. The van der Waals surface area contributed by atoms with E-state index >= 15 is 0 Å². The van der Waals surface area contributed by atoms with Crippen molar-refractivity contribution < 1.29 is 23.9 Å². The fourth-order valence-electron chi connectivity index (χ4n) is 2.11. The highest BCUT2D eigenvalue weighted by molar-refractivity contribution is 6.08. The number of hydrogen-bond acceptors (Lipinski definition) is 5. The van der Waals surface area contributed by atoms with Gasteiger partial charge in [-0.3, -0.25) is 9.59 Å². The molecule has 0 fully saturated rings. The number of nitrogens with one attached hydrogen (secondary N) is 2. The largest absolute Gasteiger partial charge is 0.452 e. The first-order valence-corrected chi connectivity index (χ1v) is 8.00. The molecular formula is C19H20N2O5. The van der Waals surface area contributed by atoms with Gasteiger partial charge in [0.05, 0.1) is 17.9 Å². The highest BCUT2D eigenvalue weighted by atomic mass is 16.5. The summed E-state index contributed by atoms with van der Waals surface area (Å²) in [6, 6.07) is 15.1. The summed E-state index contributed by atoms with van der Waals surface area (Å²) in [6.07, 6.45) is 0. The summed E-state index contributed by atoms with van der Waals surface area (Å²) in [5.41, 5.74) is 0.945. The van der Waals surface area contributed by atoms with E-state index in [1.807, 2.05) is 0 Å². The van der Waals surface area contributed by atoms with Gasteiger partial charge < -0.3 is 20.1 Å². The molecule has 2 rings (SSSR count). The average Bonchev–Trinajstić information content (AvgIpc) is 2.67. The van der Waals surface area contributed by atoms with Crippen molar-refractivity contribution in [3.8, 4) is 0 Å². The molecule has 0 spiro atoms. The Morgan fingerprint density at radius 2 is 1.65 bits per heavy atom. The first-order valence-electron chi connectivity index (χ1n) is 8.00. The number of rotatable bonds is 8. The number of para-hydroxylation sites is 1. The van der Waals surface area contributed by atoms with Gasteiger partial charge in [-0.15, -0.1) is 0 Å². The van der Waals surface area contributed by atoms with E-state index in [4.69, 9.17) is 9.47 Å². The van der Waals surface area contributed by atoms with Crippen LogP contribution in [-0.2, 0) is 14.3 Å². The minimum Gasteiger partial charge on any atom is -0.452 e. The van der Waals surface area contributed by atoms with Gasteiger partial charge in [-0.05, 0) is 24.3 Å². The minimum absolute atomic E-state index is 0.168. The lowest BCUT2D eigenvalue weighted by atomic mass is 10.1. The van der Waals surface area contributed by atoms with Gasteiger partial charge >= 0.3 is 5.97 Å². The Balaban J connectivity index is 1.98. The molecule has 26 heavy (non-hydrogen) atoms. The second kappa shape index (κ2) is 9.95. The van der Waals surface area contributed by atoms with Crippen LogP contribution in [0.1, 0.15) is 20.7 Å². The molecule has 0 saturated carbocycles.